The summed E-state index contributed by atoms with van der Waals surface area (Å²) in [6.07, 6.45) is 1.35. The fourth-order valence-corrected chi connectivity index (χ4v) is 9.09. The van der Waals surface area contributed by atoms with Gasteiger partial charge in [-0.1, -0.05) is 73.7 Å². The highest BCUT2D eigenvalue weighted by atomic mass is 28.3. The van der Waals surface area contributed by atoms with Gasteiger partial charge in [-0.2, -0.15) is 0 Å². The smallest absolute Gasteiger partial charge is 0.0724 e. The molecular weight excluding hydrogens is 200 g/mol. The monoisotopic (exact) mass is 221 g/mol. The van der Waals surface area contributed by atoms with Crippen LogP contribution in [-0.4, -0.2) is 17.6 Å². The lowest BCUT2D eigenvalue weighted by molar-refractivity contribution is 1.06. The molecule has 0 saturated heterocycles. The first-order chi connectivity index (χ1) is 6.74. The van der Waals surface area contributed by atoms with Crippen molar-refractivity contribution < 1.29 is 0 Å². The Morgan fingerprint density at radius 1 is 1.14 bits per heavy atom. The highest BCUT2D eigenvalue weighted by molar-refractivity contribution is 6.84. The largest absolute Gasteiger partial charge is 0.0826 e. The Labute approximate surface area is 91.6 Å². The van der Waals surface area contributed by atoms with Gasteiger partial charge in [-0.3, -0.25) is 0 Å². The molecular formula is C12H21Si2. The Bertz CT molecular complexity index is 244. The Morgan fingerprint density at radius 3 is 2.29 bits per heavy atom. The van der Waals surface area contributed by atoms with E-state index >= 15 is 0 Å². The average Bonchev–Trinajstić information content (AvgIpc) is 2.18. The van der Waals surface area contributed by atoms with Crippen LogP contribution in [-0.2, 0) is 0 Å². The van der Waals surface area contributed by atoms with Gasteiger partial charge in [0.15, 0.2) is 0 Å². The van der Waals surface area contributed by atoms with Crippen molar-refractivity contribution in [3.05, 3.63) is 30.3 Å². The normalized spacial score (nSPS) is 11.2. The lowest BCUT2D eigenvalue weighted by Gasteiger charge is -2.15. The van der Waals surface area contributed by atoms with Crippen LogP contribution in [0.25, 0.3) is 0 Å². The quantitative estimate of drug-likeness (QED) is 0.671. The molecule has 0 fully saturated rings. The minimum atomic E-state index is -0.385. The van der Waals surface area contributed by atoms with Gasteiger partial charge in [-0.25, -0.2) is 0 Å². The summed E-state index contributed by atoms with van der Waals surface area (Å²) in [7, 11) is -0.595. The van der Waals surface area contributed by atoms with Gasteiger partial charge < -0.3 is 0 Å². The number of benzene rings is 1. The molecule has 1 aromatic carbocycles. The van der Waals surface area contributed by atoms with E-state index in [1.807, 2.05) is 0 Å². The van der Waals surface area contributed by atoms with Gasteiger partial charge in [0, 0.05) is 8.80 Å². The van der Waals surface area contributed by atoms with E-state index in [9.17, 15) is 0 Å². The second-order valence-corrected chi connectivity index (χ2v) is 11.0. The standard InChI is InChI=1S/C12H21Si2/c1-4-10-14(11-13(2)3)12-8-6-5-7-9-12/h5-9,13H,4,10-11H2,1-3H3. The minimum absolute atomic E-state index is 0.211. The van der Waals surface area contributed by atoms with Crippen LogP contribution in [0.1, 0.15) is 13.3 Å². The number of rotatable bonds is 5. The van der Waals surface area contributed by atoms with Gasteiger partial charge >= 0.3 is 0 Å². The van der Waals surface area contributed by atoms with Crippen LogP contribution >= 0.6 is 0 Å². The number of hydrogen-bond acceptors (Lipinski definition) is 0. The van der Waals surface area contributed by atoms with E-state index in [0.717, 1.165) is 0 Å². The molecule has 1 rings (SSSR count). The first kappa shape index (κ1) is 11.7. The molecule has 0 aliphatic heterocycles. The van der Waals surface area contributed by atoms with Crippen LogP contribution in [0, 0.1) is 0 Å². The van der Waals surface area contributed by atoms with Crippen LogP contribution in [0.3, 0.4) is 0 Å². The first-order valence-electron chi connectivity index (χ1n) is 5.64. The van der Waals surface area contributed by atoms with Crippen LogP contribution < -0.4 is 5.19 Å². The summed E-state index contributed by atoms with van der Waals surface area (Å²) in [6.45, 7) is 7.27. The fourth-order valence-electron chi connectivity index (χ4n) is 1.83. The summed E-state index contributed by atoms with van der Waals surface area (Å²) in [4.78, 5) is 0. The summed E-state index contributed by atoms with van der Waals surface area (Å²) in [5.74, 6) is 0. The zero-order chi connectivity index (χ0) is 10.4. The van der Waals surface area contributed by atoms with Crippen LogP contribution in [0.2, 0.25) is 24.8 Å². The summed E-state index contributed by atoms with van der Waals surface area (Å²) in [5, 5.41) is 1.65. The SMILES string of the molecule is CCC[Si](C[SiH](C)C)c1ccccc1. The van der Waals surface area contributed by atoms with Crippen molar-refractivity contribution in [2.45, 2.75) is 38.2 Å². The van der Waals surface area contributed by atoms with Crippen molar-refractivity contribution in [2.24, 2.45) is 0 Å². The van der Waals surface area contributed by atoms with E-state index in [1.165, 1.54) is 12.5 Å². The molecule has 0 bridgehead atoms. The molecule has 0 N–H and O–H groups in total. The van der Waals surface area contributed by atoms with E-state index in [0.29, 0.717) is 0 Å². The van der Waals surface area contributed by atoms with Crippen molar-refractivity contribution in [1.82, 2.24) is 0 Å². The Hall–Kier alpha value is -0.346. The van der Waals surface area contributed by atoms with E-state index in [1.54, 1.807) is 10.9 Å². The van der Waals surface area contributed by atoms with Gasteiger partial charge in [0.25, 0.3) is 0 Å². The molecule has 0 aliphatic rings. The average molecular weight is 221 g/mol. The van der Waals surface area contributed by atoms with E-state index in [4.69, 9.17) is 0 Å². The van der Waals surface area contributed by atoms with Crippen molar-refractivity contribution in [3.63, 3.8) is 0 Å². The van der Waals surface area contributed by atoms with Gasteiger partial charge in [-0.05, 0) is 0 Å². The second-order valence-electron chi connectivity index (χ2n) is 4.32. The van der Waals surface area contributed by atoms with Gasteiger partial charge in [-0.15, -0.1) is 0 Å². The molecule has 0 nitrogen and oxygen atoms in total. The summed E-state index contributed by atoms with van der Waals surface area (Å²) < 4.78 is 0. The predicted molar refractivity (Wildman–Crippen MR) is 70.6 cm³/mol. The van der Waals surface area contributed by atoms with E-state index in [-0.39, 0.29) is 17.6 Å². The highest BCUT2D eigenvalue weighted by Gasteiger charge is 2.14. The van der Waals surface area contributed by atoms with Crippen molar-refractivity contribution in [3.8, 4) is 0 Å². The molecule has 0 saturated carbocycles. The molecule has 0 amide bonds. The van der Waals surface area contributed by atoms with Gasteiger partial charge in [0.2, 0.25) is 0 Å². The zero-order valence-corrected chi connectivity index (χ0v) is 11.7. The molecule has 14 heavy (non-hydrogen) atoms. The van der Waals surface area contributed by atoms with Crippen molar-refractivity contribution in [1.29, 1.82) is 0 Å². The molecule has 0 spiro atoms. The number of hydrogen-bond donors (Lipinski definition) is 0. The molecule has 0 heterocycles. The third-order valence-corrected chi connectivity index (χ3v) is 9.88. The Morgan fingerprint density at radius 2 is 1.79 bits per heavy atom. The van der Waals surface area contributed by atoms with Gasteiger partial charge in [0.05, 0.1) is 8.80 Å². The topological polar surface area (TPSA) is 0 Å². The third-order valence-electron chi connectivity index (χ3n) is 2.39. The second kappa shape index (κ2) is 6.20. The molecule has 1 radical (unpaired) electrons. The first-order valence-corrected chi connectivity index (χ1v) is 10.7. The van der Waals surface area contributed by atoms with Gasteiger partial charge in [0.1, 0.15) is 0 Å². The molecule has 2 heteroatoms. The van der Waals surface area contributed by atoms with Crippen molar-refractivity contribution in [2.75, 3.05) is 0 Å². The fraction of sp³-hybridized carbons (Fsp3) is 0.500. The Balaban J connectivity index is 2.67. The molecule has 0 aromatic heterocycles. The van der Waals surface area contributed by atoms with Crippen LogP contribution in [0.4, 0.5) is 0 Å². The summed E-state index contributed by atoms with van der Waals surface area (Å²) in [6, 6.07) is 12.6. The van der Waals surface area contributed by atoms with Crippen LogP contribution in [0.15, 0.2) is 30.3 Å². The summed E-state index contributed by atoms with van der Waals surface area (Å²) >= 11 is 0. The minimum Gasteiger partial charge on any atom is -0.0724 e. The molecule has 77 valence electrons. The third kappa shape index (κ3) is 3.80. The van der Waals surface area contributed by atoms with Crippen molar-refractivity contribution >= 4 is 22.8 Å². The lowest BCUT2D eigenvalue weighted by Crippen LogP contribution is -2.32. The maximum absolute atomic E-state index is 2.48. The molecule has 0 unspecified atom stereocenters. The maximum Gasteiger partial charge on any atom is 0.0826 e. The molecule has 0 aliphatic carbocycles. The summed E-state index contributed by atoms with van der Waals surface area (Å²) in [5.41, 5.74) is 1.56. The van der Waals surface area contributed by atoms with E-state index in [2.05, 4.69) is 50.3 Å². The highest BCUT2D eigenvalue weighted by Crippen LogP contribution is 2.06. The molecule has 1 aromatic rings. The maximum atomic E-state index is 2.48. The predicted octanol–water partition coefficient (Wildman–Crippen LogP) is 2.82. The van der Waals surface area contributed by atoms with E-state index < -0.39 is 0 Å². The van der Waals surface area contributed by atoms with Crippen LogP contribution in [0.5, 0.6) is 0 Å². The Kier molecular flexibility index (Phi) is 5.19. The molecule has 0 atom stereocenters. The lowest BCUT2D eigenvalue weighted by atomic mass is 10.4. The zero-order valence-electron chi connectivity index (χ0n) is 9.59.